The summed E-state index contributed by atoms with van der Waals surface area (Å²) in [6.45, 7) is 2.58. The lowest BCUT2D eigenvalue weighted by molar-refractivity contribution is 0.282. The first-order valence-corrected chi connectivity index (χ1v) is 5.90. The molecule has 2 rings (SSSR count). The predicted octanol–water partition coefficient (Wildman–Crippen LogP) is 1.56. The minimum atomic E-state index is 0.332. The third-order valence-corrected chi connectivity index (χ3v) is 3.58. The molecule has 3 atom stereocenters. The first kappa shape index (κ1) is 10.2. The molecule has 0 amide bonds. The summed E-state index contributed by atoms with van der Waals surface area (Å²) >= 11 is 0. The lowest BCUT2D eigenvalue weighted by Crippen LogP contribution is -2.26. The van der Waals surface area contributed by atoms with Crippen LogP contribution >= 0.6 is 0 Å². The second-order valence-corrected chi connectivity index (χ2v) is 4.68. The molecule has 0 aromatic rings. The van der Waals surface area contributed by atoms with Crippen molar-refractivity contribution in [1.29, 1.82) is 0 Å². The van der Waals surface area contributed by atoms with Crippen LogP contribution in [0.1, 0.15) is 25.7 Å². The summed E-state index contributed by atoms with van der Waals surface area (Å²) in [6, 6.07) is 0. The molecule has 2 nitrogen and oxygen atoms in total. The van der Waals surface area contributed by atoms with Gasteiger partial charge in [0.1, 0.15) is 0 Å². The van der Waals surface area contributed by atoms with Crippen molar-refractivity contribution < 1.29 is 5.11 Å². The SMILES string of the molecule is OCCCCNCC1CC2C=CC1C2. The van der Waals surface area contributed by atoms with Gasteiger partial charge < -0.3 is 10.4 Å². The molecule has 0 aromatic heterocycles. The van der Waals surface area contributed by atoms with Crippen molar-refractivity contribution in [2.75, 3.05) is 19.7 Å². The van der Waals surface area contributed by atoms with E-state index < -0.39 is 0 Å². The van der Waals surface area contributed by atoms with E-state index in [1.165, 1.54) is 19.4 Å². The summed E-state index contributed by atoms with van der Waals surface area (Å²) in [4.78, 5) is 0. The number of rotatable bonds is 6. The molecule has 0 aliphatic heterocycles. The van der Waals surface area contributed by atoms with Crippen LogP contribution in [0.15, 0.2) is 12.2 Å². The summed E-state index contributed by atoms with van der Waals surface area (Å²) in [5.74, 6) is 2.65. The van der Waals surface area contributed by atoms with Crippen LogP contribution < -0.4 is 5.32 Å². The van der Waals surface area contributed by atoms with Crippen LogP contribution in [0.25, 0.3) is 0 Å². The van der Waals surface area contributed by atoms with E-state index in [9.17, 15) is 0 Å². The Bertz CT molecular complexity index is 202. The van der Waals surface area contributed by atoms with E-state index in [1.807, 2.05) is 0 Å². The van der Waals surface area contributed by atoms with Gasteiger partial charge in [-0.05, 0) is 56.5 Å². The van der Waals surface area contributed by atoms with Crippen molar-refractivity contribution in [3.8, 4) is 0 Å². The zero-order valence-electron chi connectivity index (χ0n) is 8.78. The molecule has 80 valence electrons. The summed E-state index contributed by atoms with van der Waals surface area (Å²) < 4.78 is 0. The molecule has 2 aliphatic rings. The minimum Gasteiger partial charge on any atom is -0.396 e. The van der Waals surface area contributed by atoms with Crippen molar-refractivity contribution in [1.82, 2.24) is 5.32 Å². The predicted molar refractivity (Wildman–Crippen MR) is 58.0 cm³/mol. The van der Waals surface area contributed by atoms with Crippen LogP contribution in [-0.2, 0) is 0 Å². The molecule has 0 heterocycles. The Balaban J connectivity index is 1.56. The molecule has 0 aromatic carbocycles. The second-order valence-electron chi connectivity index (χ2n) is 4.68. The van der Waals surface area contributed by atoms with Gasteiger partial charge in [-0.2, -0.15) is 0 Å². The summed E-state index contributed by atoms with van der Waals surface area (Å²) in [5.41, 5.74) is 0. The standard InChI is InChI=1S/C12H21NO/c14-6-2-1-5-13-9-12-8-10-3-4-11(12)7-10/h3-4,10-14H,1-2,5-9H2. The van der Waals surface area contributed by atoms with Gasteiger partial charge >= 0.3 is 0 Å². The third kappa shape index (κ3) is 2.37. The number of aliphatic hydroxyl groups is 1. The molecule has 2 bridgehead atoms. The van der Waals surface area contributed by atoms with Gasteiger partial charge in [-0.3, -0.25) is 0 Å². The molecule has 0 radical (unpaired) electrons. The molecular formula is C12H21NO. The van der Waals surface area contributed by atoms with Crippen LogP contribution in [0.2, 0.25) is 0 Å². The number of aliphatic hydroxyl groups excluding tert-OH is 1. The molecule has 2 heteroatoms. The van der Waals surface area contributed by atoms with Gasteiger partial charge in [-0.1, -0.05) is 12.2 Å². The molecule has 1 saturated carbocycles. The average molecular weight is 195 g/mol. The highest BCUT2D eigenvalue weighted by molar-refractivity contribution is 5.10. The van der Waals surface area contributed by atoms with E-state index in [1.54, 1.807) is 0 Å². The van der Waals surface area contributed by atoms with Gasteiger partial charge in [0, 0.05) is 6.61 Å². The molecule has 0 spiro atoms. The lowest BCUT2D eigenvalue weighted by Gasteiger charge is -2.18. The van der Waals surface area contributed by atoms with Crippen LogP contribution in [0.5, 0.6) is 0 Å². The number of allylic oxidation sites excluding steroid dienone is 2. The Morgan fingerprint density at radius 2 is 2.14 bits per heavy atom. The van der Waals surface area contributed by atoms with E-state index in [0.29, 0.717) is 6.61 Å². The Hall–Kier alpha value is -0.340. The van der Waals surface area contributed by atoms with E-state index >= 15 is 0 Å². The molecule has 2 N–H and O–H groups in total. The monoisotopic (exact) mass is 195 g/mol. The molecule has 0 saturated heterocycles. The lowest BCUT2D eigenvalue weighted by atomic mass is 9.94. The maximum absolute atomic E-state index is 8.63. The zero-order valence-corrected chi connectivity index (χ0v) is 8.78. The van der Waals surface area contributed by atoms with Crippen molar-refractivity contribution in [3.63, 3.8) is 0 Å². The van der Waals surface area contributed by atoms with Crippen LogP contribution in [0, 0.1) is 17.8 Å². The highest BCUT2D eigenvalue weighted by Crippen LogP contribution is 2.42. The molecule has 14 heavy (non-hydrogen) atoms. The first-order valence-electron chi connectivity index (χ1n) is 5.90. The highest BCUT2D eigenvalue weighted by Gasteiger charge is 2.34. The topological polar surface area (TPSA) is 32.3 Å². The number of unbranched alkanes of at least 4 members (excludes halogenated alkanes) is 1. The van der Waals surface area contributed by atoms with Crippen molar-refractivity contribution in [2.45, 2.75) is 25.7 Å². The Labute approximate surface area is 86.4 Å². The van der Waals surface area contributed by atoms with Gasteiger partial charge in [0.15, 0.2) is 0 Å². The van der Waals surface area contributed by atoms with Crippen molar-refractivity contribution >= 4 is 0 Å². The summed E-state index contributed by atoms with van der Waals surface area (Å²) in [6.07, 6.45) is 9.65. The number of nitrogens with one attached hydrogen (secondary N) is 1. The third-order valence-electron chi connectivity index (χ3n) is 3.58. The maximum Gasteiger partial charge on any atom is 0.0431 e. The first-order chi connectivity index (χ1) is 6.90. The van der Waals surface area contributed by atoms with Gasteiger partial charge in [0.2, 0.25) is 0 Å². The highest BCUT2D eigenvalue weighted by atomic mass is 16.2. The smallest absolute Gasteiger partial charge is 0.0431 e. The summed E-state index contributed by atoms with van der Waals surface area (Å²) in [5, 5.41) is 12.1. The number of hydrogen-bond acceptors (Lipinski definition) is 2. The fraction of sp³-hybridized carbons (Fsp3) is 0.833. The van der Waals surface area contributed by atoms with E-state index in [2.05, 4.69) is 17.5 Å². The average Bonchev–Trinajstić information content (AvgIpc) is 2.79. The molecule has 2 aliphatic carbocycles. The van der Waals surface area contributed by atoms with E-state index in [4.69, 9.17) is 5.11 Å². The summed E-state index contributed by atoms with van der Waals surface area (Å²) in [7, 11) is 0. The normalized spacial score (nSPS) is 34.2. The van der Waals surface area contributed by atoms with Gasteiger partial charge in [-0.25, -0.2) is 0 Å². The maximum atomic E-state index is 8.63. The Morgan fingerprint density at radius 1 is 1.21 bits per heavy atom. The fourth-order valence-corrected chi connectivity index (χ4v) is 2.78. The molecule has 1 fully saturated rings. The number of fused-ring (bicyclic) bond motifs is 2. The van der Waals surface area contributed by atoms with E-state index in [0.717, 1.165) is 37.1 Å². The quantitative estimate of drug-likeness (QED) is 0.498. The van der Waals surface area contributed by atoms with Gasteiger partial charge in [0.25, 0.3) is 0 Å². The van der Waals surface area contributed by atoms with Crippen LogP contribution in [0.3, 0.4) is 0 Å². The minimum absolute atomic E-state index is 0.332. The van der Waals surface area contributed by atoms with Crippen molar-refractivity contribution in [2.24, 2.45) is 17.8 Å². The number of hydrogen-bond donors (Lipinski definition) is 2. The van der Waals surface area contributed by atoms with Crippen molar-refractivity contribution in [3.05, 3.63) is 12.2 Å². The van der Waals surface area contributed by atoms with Crippen LogP contribution in [-0.4, -0.2) is 24.8 Å². The zero-order chi connectivity index (χ0) is 9.80. The molecular weight excluding hydrogens is 174 g/mol. The molecule has 3 unspecified atom stereocenters. The second kappa shape index (κ2) is 4.94. The van der Waals surface area contributed by atoms with Crippen LogP contribution in [0.4, 0.5) is 0 Å². The van der Waals surface area contributed by atoms with Gasteiger partial charge in [0.05, 0.1) is 0 Å². The van der Waals surface area contributed by atoms with Gasteiger partial charge in [-0.15, -0.1) is 0 Å². The van der Waals surface area contributed by atoms with E-state index in [-0.39, 0.29) is 0 Å². The fourth-order valence-electron chi connectivity index (χ4n) is 2.78. The Kier molecular flexibility index (Phi) is 3.60. The Morgan fingerprint density at radius 3 is 2.79 bits per heavy atom. The largest absolute Gasteiger partial charge is 0.396 e.